The molecule has 0 N–H and O–H groups in total. The number of para-hydroxylation sites is 1. The minimum Gasteiger partial charge on any atom is -0.457 e. The van der Waals surface area contributed by atoms with Gasteiger partial charge in [0.2, 0.25) is 11.6 Å². The second-order valence-electron chi connectivity index (χ2n) is 8.63. The summed E-state index contributed by atoms with van der Waals surface area (Å²) in [5.74, 6) is -1.99. The number of amides is 2. The lowest BCUT2D eigenvalue weighted by Gasteiger charge is -2.48. The van der Waals surface area contributed by atoms with Gasteiger partial charge in [0.15, 0.2) is 6.61 Å². The van der Waals surface area contributed by atoms with Crippen molar-refractivity contribution in [3.63, 3.8) is 0 Å². The van der Waals surface area contributed by atoms with Crippen molar-refractivity contribution in [1.82, 2.24) is 4.90 Å². The van der Waals surface area contributed by atoms with Gasteiger partial charge in [-0.3, -0.25) is 14.5 Å². The Balaban J connectivity index is 1.69. The van der Waals surface area contributed by atoms with E-state index < -0.39 is 29.8 Å². The zero-order valence-corrected chi connectivity index (χ0v) is 16.8. The number of hydrogen-bond donors (Lipinski definition) is 0. The molecule has 8 heteroatoms. The predicted molar refractivity (Wildman–Crippen MR) is 102 cm³/mol. The molecule has 1 aliphatic carbocycles. The number of anilines is 1. The number of benzene rings is 1. The molecule has 0 bridgehead atoms. The van der Waals surface area contributed by atoms with Crippen LogP contribution in [-0.2, 0) is 23.9 Å². The number of ether oxygens (including phenoxy) is 2. The molecule has 1 saturated heterocycles. The van der Waals surface area contributed by atoms with E-state index in [0.29, 0.717) is 11.3 Å². The number of nitrogens with zero attached hydrogens (tertiary/aromatic N) is 2. The van der Waals surface area contributed by atoms with Crippen LogP contribution in [0.5, 0.6) is 0 Å². The fraction of sp³-hybridized carbons (Fsp3) is 0.524. The highest BCUT2D eigenvalue weighted by Crippen LogP contribution is 2.49. The van der Waals surface area contributed by atoms with Gasteiger partial charge in [-0.2, -0.15) is 0 Å². The van der Waals surface area contributed by atoms with Crippen LogP contribution in [0.1, 0.15) is 56.8 Å². The topological polar surface area (TPSA) is 93.2 Å². The maximum Gasteiger partial charge on any atom is 0.354 e. The highest BCUT2D eigenvalue weighted by molar-refractivity contribution is 6.15. The summed E-state index contributed by atoms with van der Waals surface area (Å²) in [6, 6.07) is 6.65. The minimum atomic E-state index is -1.55. The summed E-state index contributed by atoms with van der Waals surface area (Å²) >= 11 is 0. The summed E-state index contributed by atoms with van der Waals surface area (Å²) in [6.07, 6.45) is 1.77. The molecular formula is C21H24N2O6. The van der Waals surface area contributed by atoms with Gasteiger partial charge in [0.25, 0.3) is 5.91 Å². The summed E-state index contributed by atoms with van der Waals surface area (Å²) < 4.78 is 10.5. The summed E-state index contributed by atoms with van der Waals surface area (Å²) in [4.78, 5) is 54.3. The normalized spacial score (nSPS) is 23.6. The molecule has 0 spiro atoms. The standard InChI is InChI=1S/C21H24N2O6/c1-20(2,3)29-17(25)12-28-19(27)21-11-10-16(24)23(21)15-7-5-4-6-14(15)18(26)22(21)13-8-9-13/h4-7,13H,8-12H2,1-3H3/t21-/m0/s1. The van der Waals surface area contributed by atoms with E-state index in [9.17, 15) is 19.2 Å². The van der Waals surface area contributed by atoms with Crippen molar-refractivity contribution in [3.8, 4) is 0 Å². The molecule has 8 nitrogen and oxygen atoms in total. The van der Waals surface area contributed by atoms with Crippen LogP contribution < -0.4 is 4.90 Å². The molecule has 2 fully saturated rings. The molecular weight excluding hydrogens is 376 g/mol. The molecule has 3 aliphatic rings. The lowest BCUT2D eigenvalue weighted by Crippen LogP contribution is -2.69. The third-order valence-electron chi connectivity index (χ3n) is 5.28. The number of carbonyl (C=O) groups is 4. The first kappa shape index (κ1) is 19.4. The van der Waals surface area contributed by atoms with Gasteiger partial charge in [-0.1, -0.05) is 12.1 Å². The van der Waals surface area contributed by atoms with Crippen molar-refractivity contribution in [1.29, 1.82) is 0 Å². The van der Waals surface area contributed by atoms with Gasteiger partial charge in [-0.15, -0.1) is 0 Å². The molecule has 1 saturated carbocycles. The van der Waals surface area contributed by atoms with E-state index in [2.05, 4.69) is 0 Å². The first-order valence-corrected chi connectivity index (χ1v) is 9.80. The molecule has 1 aromatic rings. The molecule has 0 radical (unpaired) electrons. The second-order valence-corrected chi connectivity index (χ2v) is 8.63. The van der Waals surface area contributed by atoms with Crippen molar-refractivity contribution in [2.75, 3.05) is 11.5 Å². The van der Waals surface area contributed by atoms with E-state index in [1.807, 2.05) is 0 Å². The first-order valence-electron chi connectivity index (χ1n) is 9.80. The monoisotopic (exact) mass is 400 g/mol. The smallest absolute Gasteiger partial charge is 0.354 e. The molecule has 4 rings (SSSR count). The van der Waals surface area contributed by atoms with E-state index in [1.54, 1.807) is 45.0 Å². The fourth-order valence-corrected chi connectivity index (χ4v) is 4.12. The summed E-state index contributed by atoms with van der Waals surface area (Å²) in [7, 11) is 0. The lowest BCUT2D eigenvalue weighted by atomic mass is 9.96. The van der Waals surface area contributed by atoms with Gasteiger partial charge in [0.05, 0.1) is 11.3 Å². The van der Waals surface area contributed by atoms with Crippen molar-refractivity contribution in [2.24, 2.45) is 0 Å². The molecule has 154 valence electrons. The summed E-state index contributed by atoms with van der Waals surface area (Å²) in [5, 5.41) is 0. The van der Waals surface area contributed by atoms with Crippen molar-refractivity contribution in [2.45, 2.75) is 63.8 Å². The van der Waals surface area contributed by atoms with Crippen LogP contribution >= 0.6 is 0 Å². The average molecular weight is 400 g/mol. The highest BCUT2D eigenvalue weighted by Gasteiger charge is 2.64. The van der Waals surface area contributed by atoms with Gasteiger partial charge in [-0.05, 0) is 45.7 Å². The van der Waals surface area contributed by atoms with Crippen LogP contribution in [0.25, 0.3) is 0 Å². The summed E-state index contributed by atoms with van der Waals surface area (Å²) in [6.45, 7) is 4.57. The lowest BCUT2D eigenvalue weighted by molar-refractivity contribution is -0.172. The minimum absolute atomic E-state index is 0.117. The van der Waals surface area contributed by atoms with Crippen LogP contribution in [-0.4, -0.2) is 52.6 Å². The molecule has 2 amide bonds. The van der Waals surface area contributed by atoms with Gasteiger partial charge in [-0.25, -0.2) is 9.59 Å². The Kier molecular flexibility index (Phi) is 4.40. The molecule has 2 aliphatic heterocycles. The van der Waals surface area contributed by atoms with Crippen molar-refractivity contribution < 1.29 is 28.7 Å². The van der Waals surface area contributed by atoms with Crippen LogP contribution in [0.3, 0.4) is 0 Å². The number of esters is 2. The Hall–Kier alpha value is -2.90. The molecule has 1 atom stereocenters. The maximum absolute atomic E-state index is 13.3. The van der Waals surface area contributed by atoms with Crippen LogP contribution in [0, 0.1) is 0 Å². The maximum atomic E-state index is 13.3. The third kappa shape index (κ3) is 3.16. The fourth-order valence-electron chi connectivity index (χ4n) is 4.12. The largest absolute Gasteiger partial charge is 0.457 e. The Labute approximate surface area is 168 Å². The molecule has 0 unspecified atom stereocenters. The van der Waals surface area contributed by atoms with Gasteiger partial charge >= 0.3 is 11.9 Å². The molecule has 2 heterocycles. The van der Waals surface area contributed by atoms with E-state index in [0.717, 1.165) is 12.8 Å². The number of rotatable bonds is 4. The SMILES string of the molecule is CC(C)(C)OC(=O)COC(=O)[C@]12CCC(=O)N1c1ccccc1C(=O)N2C1CC1. The van der Waals surface area contributed by atoms with Gasteiger partial charge < -0.3 is 14.4 Å². The van der Waals surface area contributed by atoms with Crippen LogP contribution in [0.15, 0.2) is 24.3 Å². The van der Waals surface area contributed by atoms with Crippen molar-refractivity contribution >= 4 is 29.4 Å². The zero-order valence-electron chi connectivity index (χ0n) is 16.8. The Bertz CT molecular complexity index is 901. The van der Waals surface area contributed by atoms with E-state index in [1.165, 1.54) is 9.80 Å². The van der Waals surface area contributed by atoms with Crippen LogP contribution in [0.2, 0.25) is 0 Å². The van der Waals surface area contributed by atoms with E-state index in [4.69, 9.17) is 9.47 Å². The Morgan fingerprint density at radius 3 is 2.52 bits per heavy atom. The zero-order chi connectivity index (χ0) is 21.0. The van der Waals surface area contributed by atoms with E-state index in [-0.39, 0.29) is 30.7 Å². The third-order valence-corrected chi connectivity index (χ3v) is 5.28. The number of fused-ring (bicyclic) bond motifs is 3. The molecule has 0 aromatic heterocycles. The molecule has 29 heavy (non-hydrogen) atoms. The quantitative estimate of drug-likeness (QED) is 0.718. The van der Waals surface area contributed by atoms with E-state index >= 15 is 0 Å². The van der Waals surface area contributed by atoms with Crippen molar-refractivity contribution in [3.05, 3.63) is 29.8 Å². The Morgan fingerprint density at radius 1 is 1.17 bits per heavy atom. The van der Waals surface area contributed by atoms with Gasteiger partial charge in [0.1, 0.15) is 5.60 Å². The summed E-state index contributed by atoms with van der Waals surface area (Å²) in [5.41, 5.74) is -1.46. The average Bonchev–Trinajstić information content (AvgIpc) is 3.41. The number of carbonyl (C=O) groups excluding carboxylic acids is 4. The molecule has 1 aromatic carbocycles. The number of hydrogen-bond acceptors (Lipinski definition) is 6. The first-order chi connectivity index (χ1) is 13.6. The van der Waals surface area contributed by atoms with Gasteiger partial charge in [0, 0.05) is 18.9 Å². The highest BCUT2D eigenvalue weighted by atomic mass is 16.6. The Morgan fingerprint density at radius 2 is 1.86 bits per heavy atom. The predicted octanol–water partition coefficient (Wildman–Crippen LogP) is 2.01. The second kappa shape index (κ2) is 6.57. The van der Waals surface area contributed by atoms with Crippen LogP contribution in [0.4, 0.5) is 5.69 Å².